The summed E-state index contributed by atoms with van der Waals surface area (Å²) in [6.45, 7) is 15.8. The second-order valence-electron chi connectivity index (χ2n) is 5.53. The van der Waals surface area contributed by atoms with Gasteiger partial charge in [0.1, 0.15) is 0 Å². The van der Waals surface area contributed by atoms with Gasteiger partial charge in [0.2, 0.25) is 0 Å². The van der Waals surface area contributed by atoms with Crippen LogP contribution in [-0.4, -0.2) is 11.1 Å². The number of aryl methyl sites for hydroxylation is 1. The van der Waals surface area contributed by atoms with Crippen molar-refractivity contribution in [3.63, 3.8) is 0 Å². The maximum absolute atomic E-state index is 4.15. The van der Waals surface area contributed by atoms with Gasteiger partial charge in [-0.25, -0.2) is 0 Å². The molecule has 0 spiro atoms. The summed E-state index contributed by atoms with van der Waals surface area (Å²) >= 11 is 0. The molecular weight excluding hydrogens is 244 g/mol. The quantitative estimate of drug-likeness (QED) is 0.773. The first-order valence-corrected chi connectivity index (χ1v) is 7.54. The van der Waals surface area contributed by atoms with Crippen LogP contribution in [0.15, 0.2) is 30.4 Å². The first-order valence-electron chi connectivity index (χ1n) is 7.54. The monoisotopic (exact) mass is 270 g/mol. The SMILES string of the molecule is C=C(CC)Cn1c(C)c(C)c2cc(CNCC)ccc21. The van der Waals surface area contributed by atoms with Crippen LogP contribution in [0.25, 0.3) is 10.9 Å². The summed E-state index contributed by atoms with van der Waals surface area (Å²) in [6, 6.07) is 6.81. The van der Waals surface area contributed by atoms with Gasteiger partial charge in [0, 0.05) is 29.7 Å². The van der Waals surface area contributed by atoms with E-state index in [2.05, 4.69) is 62.4 Å². The molecule has 0 saturated carbocycles. The highest BCUT2D eigenvalue weighted by atomic mass is 15.0. The van der Waals surface area contributed by atoms with Crippen molar-refractivity contribution in [1.29, 1.82) is 0 Å². The van der Waals surface area contributed by atoms with Gasteiger partial charge in [0.15, 0.2) is 0 Å². The van der Waals surface area contributed by atoms with Crippen LogP contribution in [0, 0.1) is 13.8 Å². The van der Waals surface area contributed by atoms with Crippen molar-refractivity contribution in [2.24, 2.45) is 0 Å². The maximum atomic E-state index is 4.15. The molecule has 1 aromatic heterocycles. The predicted octanol–water partition coefficient (Wildman–Crippen LogP) is 4.33. The van der Waals surface area contributed by atoms with E-state index in [9.17, 15) is 0 Å². The minimum atomic E-state index is 0.930. The van der Waals surface area contributed by atoms with Gasteiger partial charge in [-0.3, -0.25) is 0 Å². The van der Waals surface area contributed by atoms with Crippen molar-refractivity contribution in [3.8, 4) is 0 Å². The molecule has 0 aliphatic heterocycles. The number of allylic oxidation sites excluding steroid dienone is 1. The Bertz CT molecular complexity index is 620. The first kappa shape index (κ1) is 14.9. The standard InChI is InChI=1S/C18H26N2/c1-6-13(3)12-20-15(5)14(4)17-10-16(11-19-7-2)8-9-18(17)20/h8-10,19H,3,6-7,11-12H2,1-2,4-5H3. The minimum absolute atomic E-state index is 0.930. The Hall–Kier alpha value is -1.54. The number of hydrogen-bond acceptors (Lipinski definition) is 1. The normalized spacial score (nSPS) is 11.2. The molecule has 0 aliphatic carbocycles. The van der Waals surface area contributed by atoms with Crippen LogP contribution >= 0.6 is 0 Å². The van der Waals surface area contributed by atoms with E-state index in [0.29, 0.717) is 0 Å². The van der Waals surface area contributed by atoms with E-state index in [4.69, 9.17) is 0 Å². The third-order valence-electron chi connectivity index (χ3n) is 4.16. The van der Waals surface area contributed by atoms with Gasteiger partial charge in [0.05, 0.1) is 0 Å². The molecule has 2 aromatic rings. The molecule has 20 heavy (non-hydrogen) atoms. The Labute approximate surface area is 122 Å². The average Bonchev–Trinajstić information content (AvgIpc) is 2.70. The van der Waals surface area contributed by atoms with E-state index >= 15 is 0 Å². The second-order valence-corrected chi connectivity index (χ2v) is 5.53. The lowest BCUT2D eigenvalue weighted by Gasteiger charge is -2.10. The number of aromatic nitrogens is 1. The smallest absolute Gasteiger partial charge is 0.0488 e. The highest BCUT2D eigenvalue weighted by molar-refractivity contribution is 5.86. The molecule has 0 amide bonds. The van der Waals surface area contributed by atoms with Crippen molar-refractivity contribution < 1.29 is 0 Å². The lowest BCUT2D eigenvalue weighted by molar-refractivity contribution is 0.727. The van der Waals surface area contributed by atoms with Gasteiger partial charge in [-0.05, 0) is 50.1 Å². The topological polar surface area (TPSA) is 17.0 Å². The van der Waals surface area contributed by atoms with Crippen LogP contribution in [0.1, 0.15) is 37.1 Å². The van der Waals surface area contributed by atoms with Crippen molar-refractivity contribution in [2.45, 2.75) is 47.2 Å². The number of nitrogens with zero attached hydrogens (tertiary/aromatic N) is 1. The van der Waals surface area contributed by atoms with Crippen LogP contribution in [0.5, 0.6) is 0 Å². The Morgan fingerprint density at radius 2 is 2.00 bits per heavy atom. The lowest BCUT2D eigenvalue weighted by atomic mass is 10.1. The Kier molecular flexibility index (Phi) is 4.66. The van der Waals surface area contributed by atoms with Crippen LogP contribution < -0.4 is 5.32 Å². The average molecular weight is 270 g/mol. The van der Waals surface area contributed by atoms with E-state index in [1.54, 1.807) is 0 Å². The second kappa shape index (κ2) is 6.27. The largest absolute Gasteiger partial charge is 0.341 e. The summed E-state index contributed by atoms with van der Waals surface area (Å²) in [5, 5.41) is 4.77. The molecule has 2 rings (SSSR count). The van der Waals surface area contributed by atoms with Crippen molar-refractivity contribution >= 4 is 10.9 Å². The van der Waals surface area contributed by atoms with Crippen molar-refractivity contribution in [1.82, 2.24) is 9.88 Å². The third-order valence-corrected chi connectivity index (χ3v) is 4.16. The van der Waals surface area contributed by atoms with E-state index < -0.39 is 0 Å². The molecule has 2 nitrogen and oxygen atoms in total. The third kappa shape index (κ3) is 2.80. The zero-order valence-electron chi connectivity index (χ0n) is 13.2. The van der Waals surface area contributed by atoms with Gasteiger partial charge in [-0.1, -0.05) is 32.1 Å². The van der Waals surface area contributed by atoms with E-state index in [-0.39, 0.29) is 0 Å². The predicted molar refractivity (Wildman–Crippen MR) is 88.2 cm³/mol. The van der Waals surface area contributed by atoms with Crippen molar-refractivity contribution in [2.75, 3.05) is 6.54 Å². The Balaban J connectivity index is 2.45. The Morgan fingerprint density at radius 3 is 2.65 bits per heavy atom. The van der Waals surface area contributed by atoms with Gasteiger partial charge >= 0.3 is 0 Å². The van der Waals surface area contributed by atoms with E-state index in [1.807, 2.05) is 0 Å². The molecule has 1 aromatic carbocycles. The molecule has 2 heteroatoms. The number of rotatable bonds is 6. The summed E-state index contributed by atoms with van der Waals surface area (Å²) in [5.41, 5.74) is 6.71. The summed E-state index contributed by atoms with van der Waals surface area (Å²) in [6.07, 6.45) is 1.04. The fraction of sp³-hybridized carbons (Fsp3) is 0.444. The molecule has 108 valence electrons. The zero-order chi connectivity index (χ0) is 14.7. The molecule has 0 aliphatic rings. The fourth-order valence-electron chi connectivity index (χ4n) is 2.62. The molecule has 1 heterocycles. The molecule has 0 fully saturated rings. The van der Waals surface area contributed by atoms with Crippen LogP contribution in [0.2, 0.25) is 0 Å². The van der Waals surface area contributed by atoms with Gasteiger partial charge in [0.25, 0.3) is 0 Å². The summed E-state index contributed by atoms with van der Waals surface area (Å²) in [4.78, 5) is 0. The van der Waals surface area contributed by atoms with E-state index in [1.165, 1.54) is 33.3 Å². The molecule has 0 unspecified atom stereocenters. The van der Waals surface area contributed by atoms with E-state index in [0.717, 1.165) is 26.1 Å². The Morgan fingerprint density at radius 1 is 1.25 bits per heavy atom. The molecule has 0 radical (unpaired) electrons. The highest BCUT2D eigenvalue weighted by Gasteiger charge is 2.11. The number of fused-ring (bicyclic) bond motifs is 1. The number of benzene rings is 1. The van der Waals surface area contributed by atoms with Gasteiger partial charge in [-0.15, -0.1) is 0 Å². The van der Waals surface area contributed by atoms with Crippen LogP contribution in [0.3, 0.4) is 0 Å². The zero-order valence-corrected chi connectivity index (χ0v) is 13.2. The van der Waals surface area contributed by atoms with Crippen LogP contribution in [-0.2, 0) is 13.1 Å². The lowest BCUT2D eigenvalue weighted by Crippen LogP contribution is -2.11. The van der Waals surface area contributed by atoms with Crippen molar-refractivity contribution in [3.05, 3.63) is 47.2 Å². The maximum Gasteiger partial charge on any atom is 0.0488 e. The van der Waals surface area contributed by atoms with Crippen LogP contribution in [0.4, 0.5) is 0 Å². The molecule has 0 saturated heterocycles. The van der Waals surface area contributed by atoms with Gasteiger partial charge < -0.3 is 9.88 Å². The summed E-state index contributed by atoms with van der Waals surface area (Å²) < 4.78 is 2.40. The van der Waals surface area contributed by atoms with Gasteiger partial charge in [-0.2, -0.15) is 0 Å². The molecule has 0 bridgehead atoms. The summed E-state index contributed by atoms with van der Waals surface area (Å²) in [7, 11) is 0. The molecule has 0 atom stereocenters. The molecule has 1 N–H and O–H groups in total. The number of hydrogen-bond donors (Lipinski definition) is 1. The minimum Gasteiger partial charge on any atom is -0.341 e. The first-order chi connectivity index (χ1) is 9.58. The molecular formula is C18H26N2. The number of nitrogens with one attached hydrogen (secondary N) is 1. The summed E-state index contributed by atoms with van der Waals surface area (Å²) in [5.74, 6) is 0. The fourth-order valence-corrected chi connectivity index (χ4v) is 2.62. The highest BCUT2D eigenvalue weighted by Crippen LogP contribution is 2.27.